The van der Waals surface area contributed by atoms with Crippen LogP contribution in [0.1, 0.15) is 37.0 Å². The molecule has 0 saturated carbocycles. The van der Waals surface area contributed by atoms with E-state index in [9.17, 15) is 0 Å². The van der Waals surface area contributed by atoms with Crippen LogP contribution in [0, 0.1) is 13.8 Å². The van der Waals surface area contributed by atoms with Gasteiger partial charge < -0.3 is 10.5 Å². The van der Waals surface area contributed by atoms with Crippen LogP contribution in [0.3, 0.4) is 0 Å². The molecule has 0 aliphatic carbocycles. The molecule has 1 aromatic rings. The quantitative estimate of drug-likeness (QED) is 0.848. The molecular weight excluding hydrogens is 198 g/mol. The average molecular weight is 221 g/mol. The molecule has 0 fully saturated rings. The Bertz CT molecular complexity index is 364. The topological polar surface area (TPSA) is 35.2 Å². The Morgan fingerprint density at radius 2 is 1.88 bits per heavy atom. The average Bonchev–Trinajstić information content (AvgIpc) is 2.13. The second-order valence-corrected chi connectivity index (χ2v) is 5.25. The Balaban J connectivity index is 2.94. The van der Waals surface area contributed by atoms with E-state index in [0.29, 0.717) is 0 Å². The summed E-state index contributed by atoms with van der Waals surface area (Å²) in [7, 11) is 1.73. The summed E-state index contributed by atoms with van der Waals surface area (Å²) in [5.74, 6) is 0.988. The monoisotopic (exact) mass is 221 g/mol. The van der Waals surface area contributed by atoms with Gasteiger partial charge >= 0.3 is 0 Å². The summed E-state index contributed by atoms with van der Waals surface area (Å²) in [5, 5.41) is 0. The summed E-state index contributed by atoms with van der Waals surface area (Å²) in [6.07, 6.45) is 1.94. The lowest BCUT2D eigenvalue weighted by Gasteiger charge is -2.20. The van der Waals surface area contributed by atoms with Crippen LogP contribution in [0.15, 0.2) is 12.1 Å². The number of aryl methyl sites for hydroxylation is 2. The first-order valence-corrected chi connectivity index (χ1v) is 5.76. The molecule has 0 bridgehead atoms. The molecule has 0 atom stereocenters. The van der Waals surface area contributed by atoms with Gasteiger partial charge in [-0.1, -0.05) is 6.07 Å². The number of methoxy groups -OCH3 is 1. The minimum absolute atomic E-state index is 0.123. The molecule has 1 rings (SSSR count). The molecule has 0 unspecified atom stereocenters. The predicted octanol–water partition coefficient (Wildman–Crippen LogP) is 2.98. The Morgan fingerprint density at radius 3 is 2.38 bits per heavy atom. The minimum atomic E-state index is -0.123. The zero-order chi connectivity index (χ0) is 12.3. The second-order valence-electron chi connectivity index (χ2n) is 5.25. The predicted molar refractivity (Wildman–Crippen MR) is 69.1 cm³/mol. The highest BCUT2D eigenvalue weighted by atomic mass is 16.5. The molecule has 0 amide bonds. The van der Waals surface area contributed by atoms with E-state index in [1.54, 1.807) is 7.11 Å². The highest BCUT2D eigenvalue weighted by Crippen LogP contribution is 2.26. The van der Waals surface area contributed by atoms with E-state index in [1.807, 2.05) is 0 Å². The zero-order valence-electron chi connectivity index (χ0n) is 11.1. The first-order valence-electron chi connectivity index (χ1n) is 5.76. The van der Waals surface area contributed by atoms with Gasteiger partial charge in [0.25, 0.3) is 0 Å². The van der Waals surface area contributed by atoms with Gasteiger partial charge in [-0.05, 0) is 63.3 Å². The number of benzene rings is 1. The lowest BCUT2D eigenvalue weighted by Crippen LogP contribution is -2.32. The molecule has 16 heavy (non-hydrogen) atoms. The lowest BCUT2D eigenvalue weighted by molar-refractivity contribution is 0.403. The molecule has 2 N–H and O–H groups in total. The van der Waals surface area contributed by atoms with Gasteiger partial charge in [0.05, 0.1) is 7.11 Å². The summed E-state index contributed by atoms with van der Waals surface area (Å²) in [4.78, 5) is 0. The summed E-state index contributed by atoms with van der Waals surface area (Å²) in [5.41, 5.74) is 9.71. The number of hydrogen-bond donors (Lipinski definition) is 1. The van der Waals surface area contributed by atoms with Crippen molar-refractivity contribution in [2.75, 3.05) is 7.11 Å². The van der Waals surface area contributed by atoms with E-state index in [0.717, 1.165) is 18.6 Å². The maximum absolute atomic E-state index is 6.01. The smallest absolute Gasteiger partial charge is 0.122 e. The molecule has 2 heteroatoms. The fourth-order valence-corrected chi connectivity index (χ4v) is 1.91. The van der Waals surface area contributed by atoms with Crippen molar-refractivity contribution in [3.05, 3.63) is 28.8 Å². The van der Waals surface area contributed by atoms with Gasteiger partial charge in [0.1, 0.15) is 5.75 Å². The molecule has 90 valence electrons. The van der Waals surface area contributed by atoms with Crippen molar-refractivity contribution in [2.45, 2.75) is 46.1 Å². The van der Waals surface area contributed by atoms with Gasteiger partial charge in [0.15, 0.2) is 0 Å². The summed E-state index contributed by atoms with van der Waals surface area (Å²) in [6.45, 7) is 8.34. The molecule has 0 aliphatic rings. The summed E-state index contributed by atoms with van der Waals surface area (Å²) < 4.78 is 5.43. The van der Waals surface area contributed by atoms with Gasteiger partial charge in [-0.15, -0.1) is 0 Å². The summed E-state index contributed by atoms with van der Waals surface area (Å²) in [6, 6.07) is 4.28. The van der Waals surface area contributed by atoms with Crippen LogP contribution in [0.5, 0.6) is 5.75 Å². The van der Waals surface area contributed by atoms with Gasteiger partial charge in [0.2, 0.25) is 0 Å². The maximum atomic E-state index is 6.01. The van der Waals surface area contributed by atoms with Crippen LogP contribution in [0.2, 0.25) is 0 Å². The highest BCUT2D eigenvalue weighted by molar-refractivity contribution is 5.43. The lowest BCUT2D eigenvalue weighted by atomic mass is 9.93. The largest absolute Gasteiger partial charge is 0.496 e. The molecule has 2 nitrogen and oxygen atoms in total. The van der Waals surface area contributed by atoms with Crippen LogP contribution in [0.4, 0.5) is 0 Å². The van der Waals surface area contributed by atoms with Crippen molar-refractivity contribution >= 4 is 0 Å². The number of hydrogen-bond acceptors (Lipinski definition) is 2. The van der Waals surface area contributed by atoms with Gasteiger partial charge in [-0.3, -0.25) is 0 Å². The molecular formula is C14H23NO. The van der Waals surface area contributed by atoms with Crippen molar-refractivity contribution in [2.24, 2.45) is 5.73 Å². The molecule has 0 aromatic heterocycles. The highest BCUT2D eigenvalue weighted by Gasteiger charge is 2.14. The fraction of sp³-hybridized carbons (Fsp3) is 0.571. The van der Waals surface area contributed by atoms with E-state index in [4.69, 9.17) is 10.5 Å². The molecule has 0 saturated heterocycles. The van der Waals surface area contributed by atoms with Crippen molar-refractivity contribution in [3.8, 4) is 5.75 Å². The van der Waals surface area contributed by atoms with E-state index in [2.05, 4.69) is 39.8 Å². The first kappa shape index (κ1) is 13.0. The SMILES string of the molecule is COc1cc(C)cc(C)c1CCC(C)(C)N. The second kappa shape index (κ2) is 4.88. The van der Waals surface area contributed by atoms with Gasteiger partial charge in [-0.25, -0.2) is 0 Å². The maximum Gasteiger partial charge on any atom is 0.122 e. The van der Waals surface area contributed by atoms with Crippen LogP contribution >= 0.6 is 0 Å². The Hall–Kier alpha value is -1.02. The molecule has 0 spiro atoms. The van der Waals surface area contributed by atoms with Crippen LogP contribution < -0.4 is 10.5 Å². The molecule has 0 heterocycles. The molecule has 0 aliphatic heterocycles. The number of ether oxygens (including phenoxy) is 1. The van der Waals surface area contributed by atoms with Crippen molar-refractivity contribution in [1.82, 2.24) is 0 Å². The van der Waals surface area contributed by atoms with Crippen LogP contribution in [0.25, 0.3) is 0 Å². The Morgan fingerprint density at radius 1 is 1.25 bits per heavy atom. The molecule has 0 radical (unpaired) electrons. The van der Waals surface area contributed by atoms with Crippen LogP contribution in [-0.2, 0) is 6.42 Å². The normalized spacial score (nSPS) is 11.6. The van der Waals surface area contributed by atoms with E-state index < -0.39 is 0 Å². The third kappa shape index (κ3) is 3.53. The minimum Gasteiger partial charge on any atom is -0.496 e. The number of rotatable bonds is 4. The summed E-state index contributed by atoms with van der Waals surface area (Å²) >= 11 is 0. The fourth-order valence-electron chi connectivity index (χ4n) is 1.91. The third-order valence-corrected chi connectivity index (χ3v) is 2.82. The van der Waals surface area contributed by atoms with Crippen molar-refractivity contribution < 1.29 is 4.74 Å². The van der Waals surface area contributed by atoms with E-state index in [-0.39, 0.29) is 5.54 Å². The first-order chi connectivity index (χ1) is 7.33. The van der Waals surface area contributed by atoms with Crippen molar-refractivity contribution in [1.29, 1.82) is 0 Å². The van der Waals surface area contributed by atoms with Crippen LogP contribution in [-0.4, -0.2) is 12.6 Å². The van der Waals surface area contributed by atoms with Crippen molar-refractivity contribution in [3.63, 3.8) is 0 Å². The Labute approximate surface area is 98.8 Å². The number of nitrogens with two attached hydrogens (primary N) is 1. The third-order valence-electron chi connectivity index (χ3n) is 2.82. The van der Waals surface area contributed by atoms with E-state index in [1.165, 1.54) is 16.7 Å². The molecule has 1 aromatic carbocycles. The van der Waals surface area contributed by atoms with Gasteiger partial charge in [0, 0.05) is 5.54 Å². The Kier molecular flexibility index (Phi) is 3.98. The zero-order valence-corrected chi connectivity index (χ0v) is 11.1. The van der Waals surface area contributed by atoms with E-state index >= 15 is 0 Å². The standard InChI is InChI=1S/C14H23NO/c1-10-8-11(2)12(13(9-10)16-5)6-7-14(3,4)15/h8-9H,6-7,15H2,1-5H3. The van der Waals surface area contributed by atoms with Gasteiger partial charge in [-0.2, -0.15) is 0 Å².